The van der Waals surface area contributed by atoms with Gasteiger partial charge < -0.3 is 9.47 Å². The number of fused-ring (bicyclic) bond motifs is 1. The van der Waals surface area contributed by atoms with Crippen molar-refractivity contribution in [1.29, 1.82) is 0 Å². The molecular weight excluding hydrogens is 242 g/mol. The molecule has 0 amide bonds. The summed E-state index contributed by atoms with van der Waals surface area (Å²) < 4.78 is 12.8. The van der Waals surface area contributed by atoms with Crippen molar-refractivity contribution >= 4 is 11.6 Å². The minimum atomic E-state index is 0.319. The van der Waals surface area contributed by atoms with E-state index >= 15 is 0 Å². The van der Waals surface area contributed by atoms with Crippen LogP contribution in [0.2, 0.25) is 5.28 Å². The van der Waals surface area contributed by atoms with Crippen LogP contribution < -0.4 is 9.47 Å². The van der Waals surface area contributed by atoms with Gasteiger partial charge in [0, 0.05) is 12.5 Å². The lowest BCUT2D eigenvalue weighted by Crippen LogP contribution is -1.97. The fourth-order valence-corrected chi connectivity index (χ4v) is 1.88. The van der Waals surface area contributed by atoms with E-state index in [1.807, 2.05) is 18.2 Å². The minimum Gasteiger partial charge on any atom is -0.490 e. The molecule has 0 spiro atoms. The third-order valence-corrected chi connectivity index (χ3v) is 2.77. The first-order chi connectivity index (χ1) is 8.34. The second-order valence-electron chi connectivity index (χ2n) is 3.65. The van der Waals surface area contributed by atoms with Gasteiger partial charge in [0.2, 0.25) is 5.28 Å². The van der Waals surface area contributed by atoms with Gasteiger partial charge in [0.05, 0.1) is 18.9 Å². The summed E-state index contributed by atoms with van der Waals surface area (Å²) in [5, 5.41) is 7.79. The fraction of sp³-hybridized carbons (Fsp3) is 0.273. The highest BCUT2D eigenvalue weighted by atomic mass is 35.5. The van der Waals surface area contributed by atoms with Crippen molar-refractivity contribution in [2.75, 3.05) is 13.2 Å². The highest BCUT2D eigenvalue weighted by Gasteiger charge is 2.12. The molecule has 88 valence electrons. The molecule has 6 heteroatoms. The predicted octanol–water partition coefficient (Wildman–Crippen LogP) is 2.08. The van der Waals surface area contributed by atoms with Gasteiger partial charge in [-0.3, -0.25) is 4.57 Å². The number of hydrogen-bond acceptors (Lipinski definition) is 4. The van der Waals surface area contributed by atoms with Crippen LogP contribution >= 0.6 is 11.6 Å². The molecule has 17 heavy (non-hydrogen) atoms. The van der Waals surface area contributed by atoms with Crippen LogP contribution in [0.15, 0.2) is 24.5 Å². The monoisotopic (exact) mass is 251 g/mol. The van der Waals surface area contributed by atoms with Gasteiger partial charge in [-0.05, 0) is 23.7 Å². The number of halogens is 1. The van der Waals surface area contributed by atoms with Gasteiger partial charge in [-0.25, -0.2) is 0 Å². The molecule has 5 nitrogen and oxygen atoms in total. The van der Waals surface area contributed by atoms with Crippen LogP contribution in [0.5, 0.6) is 11.5 Å². The summed E-state index contributed by atoms with van der Waals surface area (Å²) in [5.74, 6) is 1.49. The number of rotatable bonds is 1. The summed E-state index contributed by atoms with van der Waals surface area (Å²) in [6.07, 6.45) is 2.44. The van der Waals surface area contributed by atoms with Gasteiger partial charge in [0.15, 0.2) is 11.5 Å². The van der Waals surface area contributed by atoms with Crippen molar-refractivity contribution in [3.8, 4) is 17.2 Å². The van der Waals surface area contributed by atoms with Crippen molar-refractivity contribution in [2.45, 2.75) is 6.42 Å². The zero-order chi connectivity index (χ0) is 11.7. The summed E-state index contributed by atoms with van der Waals surface area (Å²) in [6, 6.07) is 5.63. The molecule has 2 aromatic rings. The summed E-state index contributed by atoms with van der Waals surface area (Å²) in [7, 11) is 0. The third-order valence-electron chi connectivity index (χ3n) is 2.52. The molecule has 1 aliphatic heterocycles. The molecule has 0 fully saturated rings. The van der Waals surface area contributed by atoms with Crippen molar-refractivity contribution in [2.24, 2.45) is 0 Å². The molecule has 0 saturated heterocycles. The lowest BCUT2D eigenvalue weighted by Gasteiger charge is -2.09. The van der Waals surface area contributed by atoms with E-state index in [1.165, 1.54) is 0 Å². The van der Waals surface area contributed by atoms with Gasteiger partial charge in [-0.15, -0.1) is 10.2 Å². The van der Waals surface area contributed by atoms with E-state index in [-0.39, 0.29) is 0 Å². The SMILES string of the molecule is Clc1nncn1-c1ccc2c(c1)OCCCO2. The minimum absolute atomic E-state index is 0.319. The Morgan fingerprint density at radius 1 is 1.18 bits per heavy atom. The summed E-state index contributed by atoms with van der Waals surface area (Å²) >= 11 is 5.91. The molecule has 0 atom stereocenters. The maximum Gasteiger partial charge on any atom is 0.229 e. The molecule has 1 aromatic heterocycles. The summed E-state index contributed by atoms with van der Waals surface area (Å²) in [4.78, 5) is 0. The van der Waals surface area contributed by atoms with Crippen molar-refractivity contribution in [3.63, 3.8) is 0 Å². The Balaban J connectivity index is 2.03. The Bertz CT molecular complexity index is 541. The second kappa shape index (κ2) is 4.25. The largest absolute Gasteiger partial charge is 0.490 e. The third kappa shape index (κ3) is 1.93. The Labute approximate surface area is 103 Å². The van der Waals surface area contributed by atoms with Crippen LogP contribution in [0.1, 0.15) is 6.42 Å². The van der Waals surface area contributed by atoms with Crippen LogP contribution in [-0.2, 0) is 0 Å². The molecular formula is C11H10ClN3O2. The van der Waals surface area contributed by atoms with Crippen LogP contribution in [-0.4, -0.2) is 28.0 Å². The smallest absolute Gasteiger partial charge is 0.229 e. The molecule has 3 rings (SSSR count). The first-order valence-corrected chi connectivity index (χ1v) is 5.68. The number of ether oxygens (including phenoxy) is 2. The molecule has 2 heterocycles. The van der Waals surface area contributed by atoms with E-state index in [2.05, 4.69) is 10.2 Å². The van der Waals surface area contributed by atoms with Gasteiger partial charge in [0.1, 0.15) is 6.33 Å². The lowest BCUT2D eigenvalue weighted by molar-refractivity contribution is 0.297. The second-order valence-corrected chi connectivity index (χ2v) is 3.99. The number of aromatic nitrogens is 3. The van der Waals surface area contributed by atoms with Crippen molar-refractivity contribution in [1.82, 2.24) is 14.8 Å². The standard InChI is InChI=1S/C11H10ClN3O2/c12-11-14-13-7-15(11)8-2-3-9-10(6-8)17-5-1-4-16-9/h2-3,6-7H,1,4-5H2. The van der Waals surface area contributed by atoms with E-state index in [0.717, 1.165) is 23.6 Å². The molecule has 0 unspecified atom stereocenters. The van der Waals surface area contributed by atoms with Crippen molar-refractivity contribution in [3.05, 3.63) is 29.8 Å². The van der Waals surface area contributed by atoms with E-state index in [1.54, 1.807) is 10.9 Å². The maximum absolute atomic E-state index is 5.91. The van der Waals surface area contributed by atoms with Crippen molar-refractivity contribution < 1.29 is 9.47 Å². The van der Waals surface area contributed by atoms with Crippen LogP contribution in [0.4, 0.5) is 0 Å². The topological polar surface area (TPSA) is 49.2 Å². The fourth-order valence-electron chi connectivity index (χ4n) is 1.70. The van der Waals surface area contributed by atoms with E-state index in [4.69, 9.17) is 21.1 Å². The zero-order valence-corrected chi connectivity index (χ0v) is 9.72. The summed E-state index contributed by atoms with van der Waals surface area (Å²) in [6.45, 7) is 1.34. The van der Waals surface area contributed by atoms with Gasteiger partial charge in [-0.2, -0.15) is 0 Å². The van der Waals surface area contributed by atoms with E-state index in [0.29, 0.717) is 18.5 Å². The number of nitrogens with zero attached hydrogens (tertiary/aromatic N) is 3. The van der Waals surface area contributed by atoms with Crippen LogP contribution in [0, 0.1) is 0 Å². The molecule has 0 radical (unpaired) electrons. The summed E-state index contributed by atoms with van der Waals surface area (Å²) in [5.41, 5.74) is 0.851. The maximum atomic E-state index is 5.91. The lowest BCUT2D eigenvalue weighted by atomic mass is 10.2. The average Bonchev–Trinajstić information content (AvgIpc) is 2.64. The predicted molar refractivity (Wildman–Crippen MR) is 62.0 cm³/mol. The van der Waals surface area contributed by atoms with Crippen LogP contribution in [0.3, 0.4) is 0 Å². The van der Waals surface area contributed by atoms with E-state index < -0.39 is 0 Å². The molecule has 0 bridgehead atoms. The Morgan fingerprint density at radius 2 is 2.00 bits per heavy atom. The normalized spacial score (nSPS) is 14.4. The quantitative estimate of drug-likeness (QED) is 0.779. The molecule has 1 aromatic carbocycles. The molecule has 0 saturated carbocycles. The highest BCUT2D eigenvalue weighted by molar-refractivity contribution is 6.28. The first-order valence-electron chi connectivity index (χ1n) is 5.30. The number of hydrogen-bond donors (Lipinski definition) is 0. The Hall–Kier alpha value is -1.75. The first kappa shape index (κ1) is 10.4. The zero-order valence-electron chi connectivity index (χ0n) is 8.97. The number of benzene rings is 1. The van der Waals surface area contributed by atoms with Gasteiger partial charge in [-0.1, -0.05) is 0 Å². The Morgan fingerprint density at radius 3 is 2.76 bits per heavy atom. The average molecular weight is 252 g/mol. The molecule has 0 N–H and O–H groups in total. The highest BCUT2D eigenvalue weighted by Crippen LogP contribution is 2.32. The molecule has 1 aliphatic rings. The van der Waals surface area contributed by atoms with Crippen LogP contribution in [0.25, 0.3) is 5.69 Å². The van der Waals surface area contributed by atoms with E-state index in [9.17, 15) is 0 Å². The van der Waals surface area contributed by atoms with Gasteiger partial charge >= 0.3 is 0 Å². The molecule has 0 aliphatic carbocycles. The Kier molecular flexibility index (Phi) is 2.60. The van der Waals surface area contributed by atoms with Gasteiger partial charge in [0.25, 0.3) is 0 Å².